The number of hydrogen-bond donors (Lipinski definition) is 1. The molecule has 1 aliphatic carbocycles. The first kappa shape index (κ1) is 13.0. The van der Waals surface area contributed by atoms with Crippen molar-refractivity contribution in [3.8, 4) is 0 Å². The van der Waals surface area contributed by atoms with Crippen molar-refractivity contribution < 1.29 is 4.74 Å². The minimum atomic E-state index is 0.504. The van der Waals surface area contributed by atoms with Gasteiger partial charge < -0.3 is 10.1 Å². The van der Waals surface area contributed by atoms with E-state index >= 15 is 0 Å². The molecule has 0 saturated heterocycles. The molecule has 0 aliphatic heterocycles. The molecule has 0 aromatic rings. The van der Waals surface area contributed by atoms with E-state index in [-0.39, 0.29) is 0 Å². The van der Waals surface area contributed by atoms with Crippen LogP contribution in [-0.4, -0.2) is 26.8 Å². The smallest absolute Gasteiger partial charge is 0.0587 e. The van der Waals surface area contributed by atoms with Gasteiger partial charge in [-0.3, -0.25) is 0 Å². The van der Waals surface area contributed by atoms with E-state index in [0.717, 1.165) is 25.6 Å². The third-order valence-corrected chi connectivity index (χ3v) is 4.16. The quantitative estimate of drug-likeness (QED) is 0.657. The van der Waals surface area contributed by atoms with Gasteiger partial charge in [-0.05, 0) is 30.6 Å². The number of rotatable bonds is 7. The molecule has 1 N–H and O–H groups in total. The Morgan fingerprint density at radius 3 is 2.53 bits per heavy atom. The van der Waals surface area contributed by atoms with Crippen LogP contribution in [0.4, 0.5) is 0 Å². The first-order valence-electron chi connectivity index (χ1n) is 6.42. The van der Waals surface area contributed by atoms with Crippen LogP contribution in [0.25, 0.3) is 0 Å². The van der Waals surface area contributed by atoms with Crippen molar-refractivity contribution in [2.45, 2.75) is 46.0 Å². The number of hydrogen-bond acceptors (Lipinski definition) is 2. The van der Waals surface area contributed by atoms with Gasteiger partial charge in [0.15, 0.2) is 0 Å². The Kier molecular flexibility index (Phi) is 5.62. The fourth-order valence-electron chi connectivity index (χ4n) is 2.73. The number of ether oxygens (including phenoxy) is 1. The zero-order valence-electron chi connectivity index (χ0n) is 10.6. The van der Waals surface area contributed by atoms with Crippen LogP contribution in [0.15, 0.2) is 0 Å². The van der Waals surface area contributed by atoms with Crippen molar-refractivity contribution in [1.29, 1.82) is 0 Å². The average molecular weight is 213 g/mol. The van der Waals surface area contributed by atoms with E-state index in [1.165, 1.54) is 32.1 Å². The SMILES string of the molecule is CCC(C)(CNCCOC)C1CCCC1. The summed E-state index contributed by atoms with van der Waals surface area (Å²) >= 11 is 0. The lowest BCUT2D eigenvalue weighted by Crippen LogP contribution is -2.38. The maximum absolute atomic E-state index is 5.05. The van der Waals surface area contributed by atoms with Gasteiger partial charge in [0, 0.05) is 20.2 Å². The minimum Gasteiger partial charge on any atom is -0.383 e. The fourth-order valence-corrected chi connectivity index (χ4v) is 2.73. The lowest BCUT2D eigenvalue weighted by atomic mass is 9.74. The van der Waals surface area contributed by atoms with Crippen LogP contribution in [-0.2, 0) is 4.74 Å². The van der Waals surface area contributed by atoms with Crippen LogP contribution in [0, 0.1) is 11.3 Å². The van der Waals surface area contributed by atoms with Crippen LogP contribution in [0.3, 0.4) is 0 Å². The predicted octanol–water partition coefficient (Wildman–Crippen LogP) is 2.83. The molecule has 0 spiro atoms. The van der Waals surface area contributed by atoms with Crippen molar-refractivity contribution in [3.05, 3.63) is 0 Å². The van der Waals surface area contributed by atoms with E-state index in [9.17, 15) is 0 Å². The molecule has 0 amide bonds. The lowest BCUT2D eigenvalue weighted by molar-refractivity contribution is 0.158. The maximum atomic E-state index is 5.05. The number of methoxy groups -OCH3 is 1. The highest BCUT2D eigenvalue weighted by Crippen LogP contribution is 2.41. The monoisotopic (exact) mass is 213 g/mol. The van der Waals surface area contributed by atoms with E-state index < -0.39 is 0 Å². The molecular formula is C13H27NO. The van der Waals surface area contributed by atoms with Crippen LogP contribution in [0.5, 0.6) is 0 Å². The Bertz CT molecular complexity index is 166. The van der Waals surface area contributed by atoms with Crippen LogP contribution in [0.1, 0.15) is 46.0 Å². The first-order valence-corrected chi connectivity index (χ1v) is 6.42. The van der Waals surface area contributed by atoms with Gasteiger partial charge in [0.05, 0.1) is 6.61 Å². The molecule has 0 bridgehead atoms. The first-order chi connectivity index (χ1) is 7.23. The van der Waals surface area contributed by atoms with Crippen molar-refractivity contribution >= 4 is 0 Å². The van der Waals surface area contributed by atoms with Gasteiger partial charge in [0.25, 0.3) is 0 Å². The van der Waals surface area contributed by atoms with Crippen molar-refractivity contribution in [1.82, 2.24) is 5.32 Å². The molecule has 0 heterocycles. The summed E-state index contributed by atoms with van der Waals surface area (Å²) in [6.45, 7) is 7.74. The van der Waals surface area contributed by atoms with Crippen LogP contribution < -0.4 is 5.32 Å². The van der Waals surface area contributed by atoms with Crippen molar-refractivity contribution in [3.63, 3.8) is 0 Å². The summed E-state index contributed by atoms with van der Waals surface area (Å²) in [4.78, 5) is 0. The van der Waals surface area contributed by atoms with E-state index in [4.69, 9.17) is 4.74 Å². The van der Waals surface area contributed by atoms with E-state index in [1.54, 1.807) is 7.11 Å². The fraction of sp³-hybridized carbons (Fsp3) is 1.00. The molecule has 15 heavy (non-hydrogen) atoms. The lowest BCUT2D eigenvalue weighted by Gasteiger charge is -2.35. The molecule has 0 radical (unpaired) electrons. The van der Waals surface area contributed by atoms with Gasteiger partial charge in [-0.2, -0.15) is 0 Å². The average Bonchev–Trinajstić information content (AvgIpc) is 2.78. The molecular weight excluding hydrogens is 186 g/mol. The summed E-state index contributed by atoms with van der Waals surface area (Å²) in [6.07, 6.45) is 7.06. The molecule has 1 aliphatic rings. The summed E-state index contributed by atoms with van der Waals surface area (Å²) < 4.78 is 5.05. The van der Waals surface area contributed by atoms with E-state index in [1.807, 2.05) is 0 Å². The van der Waals surface area contributed by atoms with E-state index in [0.29, 0.717) is 5.41 Å². The van der Waals surface area contributed by atoms with Crippen molar-refractivity contribution in [2.24, 2.45) is 11.3 Å². The second-order valence-electron chi connectivity index (χ2n) is 5.16. The molecule has 1 rings (SSSR count). The van der Waals surface area contributed by atoms with Gasteiger partial charge in [-0.1, -0.05) is 26.7 Å². The summed E-state index contributed by atoms with van der Waals surface area (Å²) in [5.41, 5.74) is 0.504. The molecule has 1 saturated carbocycles. The topological polar surface area (TPSA) is 21.3 Å². The highest BCUT2D eigenvalue weighted by atomic mass is 16.5. The Morgan fingerprint density at radius 2 is 2.00 bits per heavy atom. The molecule has 1 unspecified atom stereocenters. The zero-order chi connectivity index (χ0) is 11.1. The maximum Gasteiger partial charge on any atom is 0.0587 e. The van der Waals surface area contributed by atoms with Crippen molar-refractivity contribution in [2.75, 3.05) is 26.8 Å². The molecule has 2 nitrogen and oxygen atoms in total. The van der Waals surface area contributed by atoms with E-state index in [2.05, 4.69) is 19.2 Å². The highest BCUT2D eigenvalue weighted by Gasteiger charge is 2.33. The Hall–Kier alpha value is -0.0800. The molecule has 0 aromatic heterocycles. The largest absolute Gasteiger partial charge is 0.383 e. The second-order valence-corrected chi connectivity index (χ2v) is 5.16. The molecule has 90 valence electrons. The normalized spacial score (nSPS) is 21.8. The molecule has 0 aromatic carbocycles. The Labute approximate surface area is 94.8 Å². The third kappa shape index (κ3) is 3.76. The summed E-state index contributed by atoms with van der Waals surface area (Å²) in [5.74, 6) is 0.942. The van der Waals surface area contributed by atoms with Crippen LogP contribution in [0.2, 0.25) is 0 Å². The van der Waals surface area contributed by atoms with Gasteiger partial charge in [0.2, 0.25) is 0 Å². The summed E-state index contributed by atoms with van der Waals surface area (Å²) in [6, 6.07) is 0. The number of nitrogens with one attached hydrogen (secondary N) is 1. The van der Waals surface area contributed by atoms with Crippen LogP contribution >= 0.6 is 0 Å². The van der Waals surface area contributed by atoms with Gasteiger partial charge in [0.1, 0.15) is 0 Å². The molecule has 2 heteroatoms. The Morgan fingerprint density at radius 1 is 1.33 bits per heavy atom. The van der Waals surface area contributed by atoms with Gasteiger partial charge >= 0.3 is 0 Å². The van der Waals surface area contributed by atoms with Gasteiger partial charge in [-0.25, -0.2) is 0 Å². The third-order valence-electron chi connectivity index (χ3n) is 4.16. The zero-order valence-corrected chi connectivity index (χ0v) is 10.6. The Balaban J connectivity index is 2.30. The second kappa shape index (κ2) is 6.49. The summed E-state index contributed by atoms with van der Waals surface area (Å²) in [5, 5.41) is 3.53. The standard InChI is InChI=1S/C13H27NO/c1-4-13(2,11-14-9-10-15-3)12-7-5-6-8-12/h12,14H,4-11H2,1-3H3. The van der Waals surface area contributed by atoms with Gasteiger partial charge in [-0.15, -0.1) is 0 Å². The molecule has 1 fully saturated rings. The highest BCUT2D eigenvalue weighted by molar-refractivity contribution is 4.86. The minimum absolute atomic E-state index is 0.504. The summed E-state index contributed by atoms with van der Waals surface area (Å²) in [7, 11) is 1.76. The predicted molar refractivity (Wildman–Crippen MR) is 65.1 cm³/mol. The molecule has 1 atom stereocenters.